The zero-order valence-corrected chi connectivity index (χ0v) is 16.0. The average molecular weight is 399 g/mol. The lowest BCUT2D eigenvalue weighted by Crippen LogP contribution is -2.39. The minimum atomic E-state index is -2.27. The number of hydrogen-bond acceptors (Lipinski definition) is 7. The topological polar surface area (TPSA) is 157 Å². The van der Waals surface area contributed by atoms with Gasteiger partial charge in [-0.1, -0.05) is 38.1 Å². The summed E-state index contributed by atoms with van der Waals surface area (Å²) in [4.78, 5) is 19.5. The number of aliphatic hydroxyl groups is 3. The van der Waals surface area contributed by atoms with E-state index < -0.39 is 30.3 Å². The molecule has 28 heavy (non-hydrogen) atoms. The van der Waals surface area contributed by atoms with Gasteiger partial charge in [-0.2, -0.15) is 0 Å². The van der Waals surface area contributed by atoms with Crippen LogP contribution in [0.1, 0.15) is 19.4 Å². The number of carbonyl (C=O) groups is 2. The van der Waals surface area contributed by atoms with Gasteiger partial charge in [-0.3, -0.25) is 0 Å². The second kappa shape index (κ2) is 13.7. The van der Waals surface area contributed by atoms with Crippen molar-refractivity contribution in [2.24, 2.45) is 0 Å². The van der Waals surface area contributed by atoms with Crippen LogP contribution in [0, 0.1) is 0 Å². The van der Waals surface area contributed by atoms with Crippen molar-refractivity contribution in [3.63, 3.8) is 0 Å². The highest BCUT2D eigenvalue weighted by Crippen LogP contribution is 2.18. The van der Waals surface area contributed by atoms with Crippen molar-refractivity contribution in [3.05, 3.63) is 42.5 Å². The average Bonchev–Trinajstić information content (AvgIpc) is 2.65. The summed E-state index contributed by atoms with van der Waals surface area (Å²) >= 11 is 0. The van der Waals surface area contributed by atoms with Crippen LogP contribution in [0.25, 0.3) is 0 Å². The number of para-hydroxylation sites is 1. The van der Waals surface area contributed by atoms with E-state index in [-0.39, 0.29) is 0 Å². The minimum Gasteiger partial charge on any atom is -0.491 e. The van der Waals surface area contributed by atoms with Crippen LogP contribution in [0.2, 0.25) is 0 Å². The van der Waals surface area contributed by atoms with E-state index in [0.717, 1.165) is 17.7 Å². The first-order chi connectivity index (χ1) is 13.1. The van der Waals surface area contributed by atoms with Crippen molar-refractivity contribution in [3.8, 4) is 5.75 Å². The minimum absolute atomic E-state index is 0.299. The van der Waals surface area contributed by atoms with Crippen LogP contribution in [0.5, 0.6) is 5.75 Å². The molecule has 0 spiro atoms. The molecule has 0 saturated heterocycles. The molecule has 1 aromatic rings. The number of benzene rings is 1. The van der Waals surface area contributed by atoms with E-state index in [2.05, 4.69) is 11.9 Å². The first kappa shape index (κ1) is 25.5. The Morgan fingerprint density at radius 3 is 2.11 bits per heavy atom. The van der Waals surface area contributed by atoms with Gasteiger partial charge < -0.3 is 35.6 Å². The number of ether oxygens (including phenoxy) is 1. The Morgan fingerprint density at radius 1 is 1.11 bits per heavy atom. The zero-order valence-electron chi connectivity index (χ0n) is 16.0. The van der Waals surface area contributed by atoms with Gasteiger partial charge in [0.1, 0.15) is 18.5 Å². The van der Waals surface area contributed by atoms with Crippen molar-refractivity contribution >= 4 is 11.9 Å². The fourth-order valence-corrected chi connectivity index (χ4v) is 1.86. The predicted molar refractivity (Wildman–Crippen MR) is 102 cm³/mol. The summed E-state index contributed by atoms with van der Waals surface area (Å²) in [6.07, 6.45) is -2.41. The smallest absolute Gasteiger partial charge is 0.335 e. The van der Waals surface area contributed by atoms with Crippen LogP contribution >= 0.6 is 0 Å². The zero-order chi connectivity index (χ0) is 21.7. The number of carboxylic acids is 2. The summed E-state index contributed by atoms with van der Waals surface area (Å²) in [5.74, 6) is -2.72. The highest BCUT2D eigenvalue weighted by Gasteiger charge is 2.29. The first-order valence-corrected chi connectivity index (χ1v) is 8.64. The van der Waals surface area contributed by atoms with Crippen molar-refractivity contribution < 1.29 is 39.9 Å². The number of aliphatic carboxylic acids is 2. The number of rotatable bonds is 11. The predicted octanol–water partition coefficient (Wildman–Crippen LogP) is 0.0302. The SMILES string of the molecule is C=CCc1ccccc1OC[C@@H](O)CNC(C)C.O=C(O)C(O)C(O)C(=O)O. The van der Waals surface area contributed by atoms with Gasteiger partial charge in [0.05, 0.1) is 0 Å². The molecule has 0 bridgehead atoms. The maximum atomic E-state index is 9.77. The molecule has 0 aromatic heterocycles. The Bertz CT molecular complexity index is 602. The molecule has 6 N–H and O–H groups in total. The van der Waals surface area contributed by atoms with Crippen LogP contribution in [0.3, 0.4) is 0 Å². The second-order valence-corrected chi connectivity index (χ2v) is 6.19. The van der Waals surface area contributed by atoms with Crippen LogP contribution < -0.4 is 10.1 Å². The lowest BCUT2D eigenvalue weighted by Gasteiger charge is -2.16. The third-order valence-corrected chi connectivity index (χ3v) is 3.33. The second-order valence-electron chi connectivity index (χ2n) is 6.19. The van der Waals surface area contributed by atoms with Crippen molar-refractivity contribution in [1.82, 2.24) is 5.32 Å². The summed E-state index contributed by atoms with van der Waals surface area (Å²) in [5, 5.41) is 45.5. The van der Waals surface area contributed by atoms with Crippen LogP contribution in [0.4, 0.5) is 0 Å². The molecular formula is C19H29NO8. The molecule has 9 nitrogen and oxygen atoms in total. The lowest BCUT2D eigenvalue weighted by atomic mass is 10.1. The molecule has 1 rings (SSSR count). The molecule has 0 fully saturated rings. The molecule has 0 radical (unpaired) electrons. The molecule has 0 aliphatic heterocycles. The van der Waals surface area contributed by atoms with Crippen molar-refractivity contribution in [1.29, 1.82) is 0 Å². The summed E-state index contributed by atoms with van der Waals surface area (Å²) < 4.78 is 5.65. The standard InChI is InChI=1S/C15H23NO2.C4H6O6/c1-4-7-13-8-5-6-9-15(13)18-11-14(17)10-16-12(2)3;5-1(3(7)8)2(6)4(9)10/h4-6,8-9,12,14,16-17H,1,7,10-11H2,2-3H3;1-2,5-6H,(H,7,8)(H,9,10)/t14-;/m0./s1. The van der Waals surface area contributed by atoms with Gasteiger partial charge >= 0.3 is 11.9 Å². The number of aliphatic hydroxyl groups excluding tert-OH is 3. The maximum absolute atomic E-state index is 9.77. The monoisotopic (exact) mass is 399 g/mol. The number of hydrogen-bond donors (Lipinski definition) is 6. The summed E-state index contributed by atoms with van der Waals surface area (Å²) in [5.41, 5.74) is 1.09. The van der Waals surface area contributed by atoms with Gasteiger partial charge in [-0.25, -0.2) is 9.59 Å². The van der Waals surface area contributed by atoms with E-state index in [0.29, 0.717) is 19.2 Å². The highest BCUT2D eigenvalue weighted by atomic mass is 16.5. The van der Waals surface area contributed by atoms with E-state index in [4.69, 9.17) is 25.2 Å². The van der Waals surface area contributed by atoms with Gasteiger partial charge in [0.15, 0.2) is 12.2 Å². The normalized spacial score (nSPS) is 13.6. The molecule has 158 valence electrons. The van der Waals surface area contributed by atoms with E-state index in [1.54, 1.807) is 0 Å². The fraction of sp³-hybridized carbons (Fsp3) is 0.474. The molecule has 9 heteroatoms. The van der Waals surface area contributed by atoms with E-state index in [1.807, 2.05) is 44.2 Å². The van der Waals surface area contributed by atoms with Gasteiger partial charge in [-0.15, -0.1) is 6.58 Å². The van der Waals surface area contributed by atoms with Crippen molar-refractivity contribution in [2.45, 2.75) is 44.6 Å². The fourth-order valence-electron chi connectivity index (χ4n) is 1.86. The largest absolute Gasteiger partial charge is 0.491 e. The Morgan fingerprint density at radius 2 is 1.64 bits per heavy atom. The van der Waals surface area contributed by atoms with Crippen molar-refractivity contribution in [2.75, 3.05) is 13.2 Å². The molecule has 0 amide bonds. The van der Waals surface area contributed by atoms with Gasteiger partial charge in [0.2, 0.25) is 0 Å². The highest BCUT2D eigenvalue weighted by molar-refractivity contribution is 5.83. The number of carboxylic acid groups (broad SMARTS) is 2. The molecule has 0 heterocycles. The maximum Gasteiger partial charge on any atom is 0.335 e. The van der Waals surface area contributed by atoms with E-state index in [1.165, 1.54) is 0 Å². The molecule has 0 saturated carbocycles. The Labute approximate surface area is 163 Å². The number of nitrogens with one attached hydrogen (secondary N) is 1. The third-order valence-electron chi connectivity index (χ3n) is 3.33. The molecular weight excluding hydrogens is 370 g/mol. The van der Waals surface area contributed by atoms with Gasteiger partial charge in [0.25, 0.3) is 0 Å². The summed E-state index contributed by atoms with van der Waals surface area (Å²) in [7, 11) is 0. The summed E-state index contributed by atoms with van der Waals surface area (Å²) in [6.45, 7) is 8.67. The Balaban J connectivity index is 0.000000621. The molecule has 0 aliphatic carbocycles. The van der Waals surface area contributed by atoms with Crippen LogP contribution in [0.15, 0.2) is 36.9 Å². The van der Waals surface area contributed by atoms with Crippen LogP contribution in [-0.4, -0.2) is 75.0 Å². The Kier molecular flexibility index (Phi) is 12.5. The van der Waals surface area contributed by atoms with Crippen LogP contribution in [-0.2, 0) is 16.0 Å². The first-order valence-electron chi connectivity index (χ1n) is 8.64. The molecule has 3 atom stereocenters. The van der Waals surface area contributed by atoms with E-state index in [9.17, 15) is 14.7 Å². The molecule has 2 unspecified atom stereocenters. The number of allylic oxidation sites excluding steroid dienone is 1. The van der Waals surface area contributed by atoms with Gasteiger partial charge in [0, 0.05) is 12.6 Å². The Hall–Kier alpha value is -2.46. The van der Waals surface area contributed by atoms with Gasteiger partial charge in [-0.05, 0) is 18.1 Å². The molecule has 0 aliphatic rings. The molecule has 1 aromatic carbocycles. The van der Waals surface area contributed by atoms with E-state index >= 15 is 0 Å². The summed E-state index contributed by atoms with van der Waals surface area (Å²) in [6, 6.07) is 8.20. The third kappa shape index (κ3) is 10.6. The quantitative estimate of drug-likeness (QED) is 0.283. The lowest BCUT2D eigenvalue weighted by molar-refractivity contribution is -0.165.